The number of carbonyl (C=O) groups excluding carboxylic acids is 1. The number of piperidine rings is 1. The number of nitrogens with two attached hydrogens (primary N) is 1. The van der Waals surface area contributed by atoms with Crippen molar-refractivity contribution in [2.45, 2.75) is 18.9 Å². The Kier molecular flexibility index (Phi) is 2.95. The second-order valence-electron chi connectivity index (χ2n) is 4.79. The average Bonchev–Trinajstić information content (AvgIpc) is 2.45. The maximum atomic E-state index is 11.2. The van der Waals surface area contributed by atoms with Crippen LogP contribution < -0.4 is 16.4 Å². The zero-order valence-corrected chi connectivity index (χ0v) is 10.5. The van der Waals surface area contributed by atoms with Crippen LogP contribution in [0.2, 0.25) is 0 Å². The molecule has 1 fully saturated rings. The van der Waals surface area contributed by atoms with Gasteiger partial charge in [0.25, 0.3) is 0 Å². The third kappa shape index (κ3) is 2.31. The summed E-state index contributed by atoms with van der Waals surface area (Å²) < 4.78 is 0. The summed E-state index contributed by atoms with van der Waals surface area (Å²) in [6.07, 6.45) is 3.16. The quantitative estimate of drug-likeness (QED) is 0.711. The van der Waals surface area contributed by atoms with Gasteiger partial charge in [0.2, 0.25) is 5.91 Å². The van der Waals surface area contributed by atoms with E-state index >= 15 is 0 Å². The minimum absolute atomic E-state index is 0.123. The number of amides is 1. The number of aromatic nitrogens is 1. The van der Waals surface area contributed by atoms with Gasteiger partial charge in [0.15, 0.2) is 0 Å². The van der Waals surface area contributed by atoms with Gasteiger partial charge in [0.05, 0.1) is 11.2 Å². The Labute approximate surface area is 111 Å². The number of carbonyl (C=O) groups is 1. The van der Waals surface area contributed by atoms with E-state index in [4.69, 9.17) is 5.73 Å². The summed E-state index contributed by atoms with van der Waals surface area (Å²) in [6.45, 7) is 0.650. The minimum Gasteiger partial charge on any atom is -0.398 e. The monoisotopic (exact) mass is 256 g/mol. The van der Waals surface area contributed by atoms with Crippen molar-refractivity contribution in [1.82, 2.24) is 10.3 Å². The van der Waals surface area contributed by atoms with Crippen molar-refractivity contribution in [1.29, 1.82) is 0 Å². The number of nitrogen functional groups attached to an aromatic ring is 1. The Morgan fingerprint density at radius 3 is 3.05 bits per heavy atom. The Balaban J connectivity index is 1.89. The minimum atomic E-state index is 0.123. The number of hydrogen-bond donors (Lipinski definition) is 3. The van der Waals surface area contributed by atoms with Crippen LogP contribution in [0.1, 0.15) is 12.8 Å². The maximum Gasteiger partial charge on any atom is 0.220 e. The Bertz CT molecular complexity index is 616. The molecule has 1 aromatic carbocycles. The number of rotatable bonds is 2. The molecule has 1 amide bonds. The lowest BCUT2D eigenvalue weighted by Gasteiger charge is -2.25. The van der Waals surface area contributed by atoms with Crippen LogP contribution in [0.25, 0.3) is 10.9 Å². The van der Waals surface area contributed by atoms with E-state index in [2.05, 4.69) is 15.6 Å². The van der Waals surface area contributed by atoms with Gasteiger partial charge in [-0.1, -0.05) is 0 Å². The third-order valence-corrected chi connectivity index (χ3v) is 3.43. The highest BCUT2D eigenvalue weighted by Crippen LogP contribution is 2.27. The van der Waals surface area contributed by atoms with E-state index in [1.807, 2.05) is 24.3 Å². The SMILES string of the molecule is Nc1ccc(NC2CCC(=O)NC2)c2ncccc12. The van der Waals surface area contributed by atoms with Crippen LogP contribution in [-0.4, -0.2) is 23.5 Å². The van der Waals surface area contributed by atoms with Crippen molar-refractivity contribution >= 4 is 28.2 Å². The van der Waals surface area contributed by atoms with Gasteiger partial charge < -0.3 is 16.4 Å². The van der Waals surface area contributed by atoms with Gasteiger partial charge in [-0.3, -0.25) is 9.78 Å². The molecule has 0 saturated carbocycles. The molecular formula is C14H16N4O. The van der Waals surface area contributed by atoms with Crippen molar-refractivity contribution in [3.8, 4) is 0 Å². The summed E-state index contributed by atoms with van der Waals surface area (Å²) in [5.41, 5.74) is 8.52. The van der Waals surface area contributed by atoms with Crippen LogP contribution in [0.3, 0.4) is 0 Å². The van der Waals surface area contributed by atoms with Crippen LogP contribution in [-0.2, 0) is 4.79 Å². The molecule has 0 aliphatic carbocycles. The van der Waals surface area contributed by atoms with Gasteiger partial charge in [-0.25, -0.2) is 0 Å². The molecular weight excluding hydrogens is 240 g/mol. The first-order valence-electron chi connectivity index (χ1n) is 6.40. The van der Waals surface area contributed by atoms with Crippen LogP contribution in [0, 0.1) is 0 Å². The fraction of sp³-hybridized carbons (Fsp3) is 0.286. The normalized spacial score (nSPS) is 19.2. The molecule has 1 unspecified atom stereocenters. The summed E-state index contributed by atoms with van der Waals surface area (Å²) in [6, 6.07) is 7.91. The smallest absolute Gasteiger partial charge is 0.220 e. The molecule has 1 saturated heterocycles. The zero-order valence-electron chi connectivity index (χ0n) is 10.5. The van der Waals surface area contributed by atoms with Crippen molar-refractivity contribution in [2.75, 3.05) is 17.6 Å². The van der Waals surface area contributed by atoms with Gasteiger partial charge in [-0.2, -0.15) is 0 Å². The Morgan fingerprint density at radius 2 is 2.26 bits per heavy atom. The molecule has 5 heteroatoms. The molecule has 2 aromatic rings. The van der Waals surface area contributed by atoms with Gasteiger partial charge in [0.1, 0.15) is 0 Å². The molecule has 1 aromatic heterocycles. The molecule has 98 valence electrons. The second-order valence-corrected chi connectivity index (χ2v) is 4.79. The Morgan fingerprint density at radius 1 is 1.37 bits per heavy atom. The lowest BCUT2D eigenvalue weighted by atomic mass is 10.1. The largest absolute Gasteiger partial charge is 0.398 e. The summed E-state index contributed by atoms with van der Waals surface area (Å²) in [7, 11) is 0. The summed E-state index contributed by atoms with van der Waals surface area (Å²) in [4.78, 5) is 15.5. The fourth-order valence-electron chi connectivity index (χ4n) is 2.39. The van der Waals surface area contributed by atoms with E-state index in [9.17, 15) is 4.79 Å². The van der Waals surface area contributed by atoms with E-state index in [0.29, 0.717) is 13.0 Å². The number of fused-ring (bicyclic) bond motifs is 1. The van der Waals surface area contributed by atoms with Crippen molar-refractivity contribution in [3.05, 3.63) is 30.5 Å². The zero-order chi connectivity index (χ0) is 13.2. The van der Waals surface area contributed by atoms with E-state index in [0.717, 1.165) is 28.7 Å². The van der Waals surface area contributed by atoms with E-state index in [-0.39, 0.29) is 11.9 Å². The average molecular weight is 256 g/mol. The number of anilines is 2. The van der Waals surface area contributed by atoms with Crippen LogP contribution in [0.5, 0.6) is 0 Å². The highest BCUT2D eigenvalue weighted by Gasteiger charge is 2.18. The molecule has 1 aliphatic heterocycles. The standard InChI is InChI=1S/C14H16N4O/c15-11-4-5-12(14-10(11)2-1-7-16-14)18-9-3-6-13(19)17-8-9/h1-2,4-5,7,9,18H,3,6,8,15H2,(H,17,19). The summed E-state index contributed by atoms with van der Waals surface area (Å²) in [5.74, 6) is 0.123. The predicted octanol–water partition coefficient (Wildman–Crippen LogP) is 1.51. The molecule has 19 heavy (non-hydrogen) atoms. The van der Waals surface area contributed by atoms with Gasteiger partial charge in [-0.15, -0.1) is 0 Å². The maximum absolute atomic E-state index is 11.2. The molecule has 3 rings (SSSR count). The summed E-state index contributed by atoms with van der Waals surface area (Å²) in [5, 5.41) is 7.26. The third-order valence-electron chi connectivity index (χ3n) is 3.43. The number of nitrogens with zero attached hydrogens (tertiary/aromatic N) is 1. The molecule has 4 N–H and O–H groups in total. The first-order chi connectivity index (χ1) is 9.24. The first kappa shape index (κ1) is 11.8. The molecule has 0 spiro atoms. The van der Waals surface area contributed by atoms with Crippen molar-refractivity contribution < 1.29 is 4.79 Å². The van der Waals surface area contributed by atoms with E-state index in [1.165, 1.54) is 0 Å². The predicted molar refractivity (Wildman–Crippen MR) is 75.8 cm³/mol. The van der Waals surface area contributed by atoms with E-state index < -0.39 is 0 Å². The number of hydrogen-bond acceptors (Lipinski definition) is 4. The lowest BCUT2D eigenvalue weighted by molar-refractivity contribution is -0.122. The number of nitrogens with one attached hydrogen (secondary N) is 2. The second kappa shape index (κ2) is 4.76. The molecule has 0 radical (unpaired) electrons. The van der Waals surface area contributed by atoms with Crippen LogP contribution >= 0.6 is 0 Å². The first-order valence-corrected chi connectivity index (χ1v) is 6.40. The molecule has 2 heterocycles. The van der Waals surface area contributed by atoms with E-state index in [1.54, 1.807) is 6.20 Å². The summed E-state index contributed by atoms with van der Waals surface area (Å²) >= 11 is 0. The molecule has 1 aliphatic rings. The molecule has 5 nitrogen and oxygen atoms in total. The molecule has 1 atom stereocenters. The fourth-order valence-corrected chi connectivity index (χ4v) is 2.39. The molecule has 0 bridgehead atoms. The van der Waals surface area contributed by atoms with Gasteiger partial charge >= 0.3 is 0 Å². The highest BCUT2D eigenvalue weighted by atomic mass is 16.1. The number of pyridine rings is 1. The van der Waals surface area contributed by atoms with Gasteiger partial charge in [-0.05, 0) is 30.7 Å². The van der Waals surface area contributed by atoms with Crippen LogP contribution in [0.4, 0.5) is 11.4 Å². The number of benzene rings is 1. The Hall–Kier alpha value is -2.30. The van der Waals surface area contributed by atoms with Gasteiger partial charge in [0, 0.05) is 36.3 Å². The van der Waals surface area contributed by atoms with Crippen LogP contribution in [0.15, 0.2) is 30.5 Å². The topological polar surface area (TPSA) is 80.0 Å². The highest BCUT2D eigenvalue weighted by molar-refractivity contribution is 5.98. The lowest BCUT2D eigenvalue weighted by Crippen LogP contribution is -2.41. The van der Waals surface area contributed by atoms with Crippen molar-refractivity contribution in [3.63, 3.8) is 0 Å². The van der Waals surface area contributed by atoms with Crippen molar-refractivity contribution in [2.24, 2.45) is 0 Å².